The Morgan fingerprint density at radius 2 is 1.08 bits per heavy atom. The topological polar surface area (TPSA) is 189 Å². The highest BCUT2D eigenvalue weighted by Crippen LogP contribution is 2.42. The summed E-state index contributed by atoms with van der Waals surface area (Å²) in [5.74, 6) is -1.86. The lowest BCUT2D eigenvalue weighted by Gasteiger charge is -2.25. The SMILES string of the molecule is Fc1ncccn1.O=C1c2c(O)ccc(O)c2C(=O)c2c(NCCNCCO)ccc(NCCNCCO)c21. The summed E-state index contributed by atoms with van der Waals surface area (Å²) in [6.45, 7) is 2.81. The summed E-state index contributed by atoms with van der Waals surface area (Å²) < 4.78 is 11.7. The Hall–Kier alpha value is -4.17. The molecule has 0 aliphatic heterocycles. The van der Waals surface area contributed by atoms with Gasteiger partial charge in [0, 0.05) is 63.0 Å². The van der Waals surface area contributed by atoms with Gasteiger partial charge in [0.05, 0.1) is 35.5 Å². The number of ketones is 2. The van der Waals surface area contributed by atoms with Crippen molar-refractivity contribution in [1.29, 1.82) is 0 Å². The summed E-state index contributed by atoms with van der Waals surface area (Å²) in [5.41, 5.74) is 0.678. The lowest BCUT2D eigenvalue weighted by atomic mass is 9.81. The standard InChI is InChI=1S/C22H28N4O6.C4H3FN2/c27-11-9-23-5-7-25-13-1-2-14(26-8-6-24-10-12-28)18-17(13)21(31)19-15(29)3-4-16(30)20(19)22(18)32;5-4-6-2-1-3-7-4/h1-4,23-30H,5-12H2;1-3H. The molecule has 0 unspecified atom stereocenters. The number of carbonyl (C=O) groups is 2. The van der Waals surface area contributed by atoms with E-state index in [0.29, 0.717) is 50.6 Å². The smallest absolute Gasteiger partial charge is 0.308 e. The summed E-state index contributed by atoms with van der Waals surface area (Å²) in [5, 5.41) is 50.6. The van der Waals surface area contributed by atoms with Crippen LogP contribution in [0, 0.1) is 6.08 Å². The number of rotatable bonds is 12. The predicted octanol–water partition coefficient (Wildman–Crippen LogP) is 0.477. The van der Waals surface area contributed by atoms with Gasteiger partial charge in [-0.25, -0.2) is 9.97 Å². The average Bonchev–Trinajstić information content (AvgIpc) is 2.93. The maximum atomic E-state index is 13.4. The molecule has 0 atom stereocenters. The van der Waals surface area contributed by atoms with Crippen LogP contribution in [-0.4, -0.2) is 94.4 Å². The molecule has 0 spiro atoms. The minimum absolute atomic E-state index is 0.00939. The van der Waals surface area contributed by atoms with E-state index in [1.807, 2.05) is 0 Å². The number of nitrogens with one attached hydrogen (secondary N) is 4. The van der Waals surface area contributed by atoms with Crippen molar-refractivity contribution in [2.24, 2.45) is 0 Å². The second kappa shape index (κ2) is 14.7. The van der Waals surface area contributed by atoms with E-state index in [1.54, 1.807) is 18.2 Å². The predicted molar refractivity (Wildman–Crippen MR) is 142 cm³/mol. The lowest BCUT2D eigenvalue weighted by Crippen LogP contribution is -2.28. The summed E-state index contributed by atoms with van der Waals surface area (Å²) in [7, 11) is 0. The maximum absolute atomic E-state index is 13.4. The quantitative estimate of drug-likeness (QED) is 0.0703. The second-order valence-corrected chi connectivity index (χ2v) is 8.24. The van der Waals surface area contributed by atoms with Gasteiger partial charge in [-0.1, -0.05) is 0 Å². The highest BCUT2D eigenvalue weighted by atomic mass is 19.1. The zero-order valence-electron chi connectivity index (χ0n) is 21.1. The van der Waals surface area contributed by atoms with Crippen molar-refractivity contribution in [2.45, 2.75) is 0 Å². The number of fused-ring (bicyclic) bond motifs is 2. The molecule has 12 nitrogen and oxygen atoms in total. The molecule has 208 valence electrons. The Morgan fingerprint density at radius 1 is 0.641 bits per heavy atom. The number of hydrogen-bond donors (Lipinski definition) is 8. The number of aromatic hydroxyl groups is 2. The second-order valence-electron chi connectivity index (χ2n) is 8.24. The Morgan fingerprint density at radius 3 is 1.44 bits per heavy atom. The van der Waals surface area contributed by atoms with E-state index in [0.717, 1.165) is 0 Å². The number of anilines is 2. The van der Waals surface area contributed by atoms with Crippen LogP contribution in [0.2, 0.25) is 0 Å². The van der Waals surface area contributed by atoms with E-state index in [2.05, 4.69) is 31.2 Å². The van der Waals surface area contributed by atoms with E-state index < -0.39 is 17.6 Å². The van der Waals surface area contributed by atoms with Crippen molar-refractivity contribution in [3.8, 4) is 11.5 Å². The molecular weight excluding hydrogens is 511 g/mol. The monoisotopic (exact) mass is 542 g/mol. The molecule has 0 fully saturated rings. The van der Waals surface area contributed by atoms with E-state index >= 15 is 0 Å². The van der Waals surface area contributed by atoms with Crippen molar-refractivity contribution >= 4 is 22.9 Å². The van der Waals surface area contributed by atoms with E-state index in [9.17, 15) is 24.2 Å². The molecule has 0 amide bonds. The van der Waals surface area contributed by atoms with Gasteiger partial charge in [-0.2, -0.15) is 4.39 Å². The molecule has 8 N–H and O–H groups in total. The van der Waals surface area contributed by atoms with Crippen LogP contribution in [0.15, 0.2) is 42.7 Å². The number of hydrogen-bond acceptors (Lipinski definition) is 12. The van der Waals surface area contributed by atoms with Crippen LogP contribution in [0.5, 0.6) is 11.5 Å². The summed E-state index contributed by atoms with van der Waals surface area (Å²) >= 11 is 0. The average molecular weight is 543 g/mol. The first-order chi connectivity index (χ1) is 18.9. The third kappa shape index (κ3) is 7.45. The molecule has 3 aromatic rings. The zero-order chi connectivity index (χ0) is 28.2. The minimum Gasteiger partial charge on any atom is -0.507 e. The van der Waals surface area contributed by atoms with Gasteiger partial charge in [0.25, 0.3) is 0 Å². The molecule has 1 aliphatic rings. The van der Waals surface area contributed by atoms with Crippen LogP contribution in [0.25, 0.3) is 0 Å². The van der Waals surface area contributed by atoms with Crippen molar-refractivity contribution in [3.63, 3.8) is 0 Å². The number of halogens is 1. The molecule has 13 heteroatoms. The van der Waals surface area contributed by atoms with Gasteiger partial charge in [0.1, 0.15) is 11.5 Å². The van der Waals surface area contributed by atoms with Crippen molar-refractivity contribution in [3.05, 3.63) is 71.1 Å². The summed E-state index contributed by atoms with van der Waals surface area (Å²) in [4.78, 5) is 33.1. The van der Waals surface area contributed by atoms with Crippen LogP contribution < -0.4 is 21.3 Å². The van der Waals surface area contributed by atoms with Gasteiger partial charge < -0.3 is 41.7 Å². The van der Waals surface area contributed by atoms with Gasteiger partial charge in [-0.15, -0.1) is 0 Å². The van der Waals surface area contributed by atoms with Gasteiger partial charge in [-0.3, -0.25) is 9.59 Å². The van der Waals surface area contributed by atoms with Gasteiger partial charge in [-0.05, 0) is 30.3 Å². The lowest BCUT2D eigenvalue weighted by molar-refractivity contribution is 0.0975. The van der Waals surface area contributed by atoms with Crippen LogP contribution in [0.4, 0.5) is 15.8 Å². The Bertz CT molecular complexity index is 1200. The molecule has 39 heavy (non-hydrogen) atoms. The van der Waals surface area contributed by atoms with E-state index in [1.165, 1.54) is 24.5 Å². The molecule has 0 saturated heterocycles. The fraction of sp³-hybridized carbons (Fsp3) is 0.308. The molecule has 1 aliphatic carbocycles. The number of carbonyl (C=O) groups excluding carboxylic acids is 2. The number of aromatic nitrogens is 2. The minimum atomic E-state index is -0.678. The van der Waals surface area contributed by atoms with Crippen molar-refractivity contribution in [1.82, 2.24) is 20.6 Å². The van der Waals surface area contributed by atoms with Crippen molar-refractivity contribution in [2.75, 3.05) is 63.1 Å². The Balaban J connectivity index is 0.000000520. The number of phenolic OH excluding ortho intramolecular Hbond substituents is 2. The van der Waals surface area contributed by atoms with Crippen LogP contribution in [-0.2, 0) is 0 Å². The van der Waals surface area contributed by atoms with Crippen LogP contribution in [0.1, 0.15) is 31.8 Å². The number of benzene rings is 2. The molecule has 1 heterocycles. The molecule has 0 radical (unpaired) electrons. The Kier molecular flexibility index (Phi) is 11.1. The molecule has 2 aromatic carbocycles. The molecule has 0 bridgehead atoms. The van der Waals surface area contributed by atoms with Gasteiger partial charge in [0.2, 0.25) is 11.6 Å². The Labute approximate surface area is 223 Å². The number of phenols is 2. The molecule has 0 saturated carbocycles. The molecular formula is C26H31FN6O6. The normalized spacial score (nSPS) is 11.8. The van der Waals surface area contributed by atoms with E-state index in [-0.39, 0.29) is 47.0 Å². The fourth-order valence-electron chi connectivity index (χ4n) is 3.92. The first-order valence-corrected chi connectivity index (χ1v) is 12.2. The molecule has 4 rings (SSSR count). The highest BCUT2D eigenvalue weighted by molar-refractivity contribution is 6.33. The molecule has 1 aromatic heterocycles. The fourth-order valence-corrected chi connectivity index (χ4v) is 3.92. The highest BCUT2D eigenvalue weighted by Gasteiger charge is 2.37. The van der Waals surface area contributed by atoms with Gasteiger partial charge in [0.15, 0.2) is 0 Å². The first-order valence-electron chi connectivity index (χ1n) is 12.2. The third-order valence-electron chi connectivity index (χ3n) is 5.62. The first kappa shape index (κ1) is 29.4. The maximum Gasteiger partial charge on any atom is 0.308 e. The number of aliphatic hydroxyl groups is 2. The zero-order valence-corrected chi connectivity index (χ0v) is 21.1. The summed E-state index contributed by atoms with van der Waals surface area (Å²) in [6.07, 6.45) is 2.02. The van der Waals surface area contributed by atoms with E-state index in [4.69, 9.17) is 10.2 Å². The largest absolute Gasteiger partial charge is 0.507 e. The van der Waals surface area contributed by atoms with Crippen LogP contribution >= 0.6 is 0 Å². The summed E-state index contributed by atoms with van der Waals surface area (Å²) in [6, 6.07) is 7.30. The van der Waals surface area contributed by atoms with Gasteiger partial charge >= 0.3 is 6.08 Å². The number of nitrogens with zero attached hydrogens (tertiary/aromatic N) is 2. The third-order valence-corrected chi connectivity index (χ3v) is 5.62. The van der Waals surface area contributed by atoms with Crippen LogP contribution in [0.3, 0.4) is 0 Å². The number of aliphatic hydroxyl groups excluding tert-OH is 2. The van der Waals surface area contributed by atoms with Crippen molar-refractivity contribution < 1.29 is 34.4 Å².